The van der Waals surface area contributed by atoms with E-state index in [0.29, 0.717) is 24.5 Å². The van der Waals surface area contributed by atoms with Crippen LogP contribution in [0.5, 0.6) is 0 Å². The van der Waals surface area contributed by atoms with Gasteiger partial charge in [-0.25, -0.2) is 0 Å². The second-order valence-corrected chi connectivity index (χ2v) is 4.10. The Labute approximate surface area is 80.5 Å². The second-order valence-electron chi connectivity index (χ2n) is 4.10. The molecule has 1 rings (SSSR count). The summed E-state index contributed by atoms with van der Waals surface area (Å²) < 4.78 is 0. The predicted molar refractivity (Wildman–Crippen MR) is 53.1 cm³/mol. The number of nitrogens with zero attached hydrogens (tertiary/aromatic N) is 2. The molecule has 0 spiro atoms. The maximum Gasteiger partial charge on any atom is 0.0638 e. The predicted octanol–water partition coefficient (Wildman–Crippen LogP) is 1.10. The van der Waals surface area contributed by atoms with E-state index in [9.17, 15) is 0 Å². The van der Waals surface area contributed by atoms with Crippen LogP contribution in [-0.4, -0.2) is 30.1 Å². The van der Waals surface area contributed by atoms with E-state index in [1.807, 2.05) is 0 Å². The quantitative estimate of drug-likeness (QED) is 0.709. The Morgan fingerprint density at radius 3 is 2.77 bits per heavy atom. The van der Waals surface area contributed by atoms with Crippen LogP contribution in [0.1, 0.15) is 32.6 Å². The highest BCUT2D eigenvalue weighted by Gasteiger charge is 2.27. The van der Waals surface area contributed by atoms with E-state index in [4.69, 9.17) is 11.0 Å². The minimum absolute atomic E-state index is 0.361. The largest absolute Gasteiger partial charge is 0.328 e. The summed E-state index contributed by atoms with van der Waals surface area (Å²) in [6, 6.07) is 3.54. The molecule has 13 heavy (non-hydrogen) atoms. The molecule has 1 fully saturated rings. The molecule has 0 heterocycles. The van der Waals surface area contributed by atoms with Gasteiger partial charge in [-0.1, -0.05) is 0 Å². The topological polar surface area (TPSA) is 53.0 Å². The first-order valence-corrected chi connectivity index (χ1v) is 4.99. The summed E-state index contributed by atoms with van der Waals surface area (Å²) in [5, 5.41) is 8.58. The van der Waals surface area contributed by atoms with Crippen molar-refractivity contribution in [2.75, 3.05) is 7.05 Å². The molecule has 2 N–H and O–H groups in total. The summed E-state index contributed by atoms with van der Waals surface area (Å²) in [7, 11) is 2.10. The zero-order valence-corrected chi connectivity index (χ0v) is 8.53. The van der Waals surface area contributed by atoms with Gasteiger partial charge in [0.15, 0.2) is 0 Å². The first-order chi connectivity index (χ1) is 6.15. The molecule has 74 valence electrons. The highest BCUT2D eigenvalue weighted by Crippen LogP contribution is 2.23. The molecule has 3 unspecified atom stereocenters. The van der Waals surface area contributed by atoms with E-state index >= 15 is 0 Å². The fourth-order valence-corrected chi connectivity index (χ4v) is 2.00. The van der Waals surface area contributed by atoms with Crippen LogP contribution < -0.4 is 5.73 Å². The van der Waals surface area contributed by atoms with Gasteiger partial charge in [0, 0.05) is 18.1 Å². The highest BCUT2D eigenvalue weighted by molar-refractivity contribution is 4.88. The molecule has 3 nitrogen and oxygen atoms in total. The van der Waals surface area contributed by atoms with Gasteiger partial charge in [-0.2, -0.15) is 5.26 Å². The Morgan fingerprint density at radius 2 is 2.31 bits per heavy atom. The van der Waals surface area contributed by atoms with Crippen molar-refractivity contribution in [3.63, 3.8) is 0 Å². The first-order valence-electron chi connectivity index (χ1n) is 4.99. The number of nitriles is 1. The normalized spacial score (nSPS) is 30.4. The maximum absolute atomic E-state index is 8.58. The molecule has 0 amide bonds. The minimum Gasteiger partial charge on any atom is -0.328 e. The molecule has 1 aliphatic carbocycles. The average Bonchev–Trinajstić information content (AvgIpc) is 2.51. The molecule has 1 aliphatic rings. The van der Waals surface area contributed by atoms with Gasteiger partial charge in [-0.05, 0) is 33.2 Å². The van der Waals surface area contributed by atoms with Crippen molar-refractivity contribution in [1.82, 2.24) is 4.90 Å². The van der Waals surface area contributed by atoms with Gasteiger partial charge in [0.1, 0.15) is 0 Å². The summed E-state index contributed by atoms with van der Waals surface area (Å²) in [5.41, 5.74) is 5.85. The fourth-order valence-electron chi connectivity index (χ4n) is 2.00. The van der Waals surface area contributed by atoms with E-state index in [2.05, 4.69) is 24.9 Å². The third-order valence-corrected chi connectivity index (χ3v) is 3.10. The van der Waals surface area contributed by atoms with Crippen molar-refractivity contribution in [2.24, 2.45) is 5.73 Å². The Hall–Kier alpha value is -0.590. The van der Waals surface area contributed by atoms with Crippen LogP contribution in [0.2, 0.25) is 0 Å². The summed E-state index contributed by atoms with van der Waals surface area (Å²) in [6.45, 7) is 2.10. The molecule has 0 aliphatic heterocycles. The van der Waals surface area contributed by atoms with Crippen LogP contribution in [-0.2, 0) is 0 Å². The molecular weight excluding hydrogens is 162 g/mol. The van der Waals surface area contributed by atoms with Crippen molar-refractivity contribution in [3.05, 3.63) is 0 Å². The van der Waals surface area contributed by atoms with Crippen LogP contribution in [0.25, 0.3) is 0 Å². The van der Waals surface area contributed by atoms with E-state index < -0.39 is 0 Å². The molecular formula is C10H19N3. The van der Waals surface area contributed by atoms with Crippen molar-refractivity contribution in [2.45, 2.75) is 50.7 Å². The van der Waals surface area contributed by atoms with E-state index in [-0.39, 0.29) is 0 Å². The Morgan fingerprint density at radius 1 is 1.62 bits per heavy atom. The number of hydrogen-bond donors (Lipinski definition) is 1. The molecule has 0 aromatic heterocycles. The lowest BCUT2D eigenvalue weighted by molar-refractivity contribution is 0.187. The lowest BCUT2D eigenvalue weighted by Crippen LogP contribution is -2.37. The van der Waals surface area contributed by atoms with Crippen molar-refractivity contribution < 1.29 is 0 Å². The van der Waals surface area contributed by atoms with E-state index in [0.717, 1.165) is 12.8 Å². The van der Waals surface area contributed by atoms with Gasteiger partial charge >= 0.3 is 0 Å². The smallest absolute Gasteiger partial charge is 0.0638 e. The van der Waals surface area contributed by atoms with Gasteiger partial charge in [0.05, 0.1) is 12.5 Å². The Balaban J connectivity index is 2.39. The van der Waals surface area contributed by atoms with Gasteiger partial charge in [-0.3, -0.25) is 4.90 Å². The number of nitrogens with two attached hydrogens (primary N) is 1. The molecule has 3 heteroatoms. The average molecular weight is 181 g/mol. The van der Waals surface area contributed by atoms with Crippen molar-refractivity contribution in [1.29, 1.82) is 5.26 Å². The Bertz CT molecular complexity index is 197. The minimum atomic E-state index is 0.361. The summed E-state index contributed by atoms with van der Waals surface area (Å²) in [4.78, 5) is 2.30. The molecule has 0 radical (unpaired) electrons. The second kappa shape index (κ2) is 4.59. The van der Waals surface area contributed by atoms with Crippen LogP contribution >= 0.6 is 0 Å². The standard InChI is InChI=1S/C10H19N3/c1-8(5-6-11)13(2)10-4-3-9(12)7-10/h8-10H,3-5,7,12H2,1-2H3. The van der Waals surface area contributed by atoms with Crippen LogP contribution in [0, 0.1) is 11.3 Å². The van der Waals surface area contributed by atoms with E-state index in [1.54, 1.807) is 0 Å². The first kappa shape index (κ1) is 10.5. The Kier molecular flexibility index (Phi) is 3.71. The molecule has 3 atom stereocenters. The third-order valence-electron chi connectivity index (χ3n) is 3.10. The van der Waals surface area contributed by atoms with Crippen molar-refractivity contribution in [3.8, 4) is 6.07 Å². The van der Waals surface area contributed by atoms with Crippen molar-refractivity contribution >= 4 is 0 Å². The van der Waals surface area contributed by atoms with Gasteiger partial charge in [0.25, 0.3) is 0 Å². The lowest BCUT2D eigenvalue weighted by atomic mass is 10.1. The van der Waals surface area contributed by atoms with Crippen LogP contribution in [0.15, 0.2) is 0 Å². The molecule has 1 saturated carbocycles. The molecule has 0 aromatic rings. The number of hydrogen-bond acceptors (Lipinski definition) is 3. The highest BCUT2D eigenvalue weighted by atomic mass is 15.2. The molecule has 0 bridgehead atoms. The summed E-state index contributed by atoms with van der Waals surface area (Å²) in [6.07, 6.45) is 4.02. The van der Waals surface area contributed by atoms with Gasteiger partial charge in [0.2, 0.25) is 0 Å². The van der Waals surface area contributed by atoms with Crippen LogP contribution in [0.3, 0.4) is 0 Å². The van der Waals surface area contributed by atoms with Gasteiger partial charge in [-0.15, -0.1) is 0 Å². The summed E-state index contributed by atoms with van der Waals surface area (Å²) in [5.74, 6) is 0. The number of rotatable bonds is 3. The monoisotopic (exact) mass is 181 g/mol. The fraction of sp³-hybridized carbons (Fsp3) is 0.900. The lowest BCUT2D eigenvalue weighted by Gasteiger charge is -2.29. The van der Waals surface area contributed by atoms with Gasteiger partial charge < -0.3 is 5.73 Å². The molecule has 0 aromatic carbocycles. The third kappa shape index (κ3) is 2.68. The zero-order chi connectivity index (χ0) is 9.84. The van der Waals surface area contributed by atoms with E-state index in [1.165, 1.54) is 6.42 Å². The SMILES string of the molecule is CC(CC#N)N(C)C1CCC(N)C1. The zero-order valence-electron chi connectivity index (χ0n) is 8.53. The van der Waals surface area contributed by atoms with Crippen LogP contribution in [0.4, 0.5) is 0 Å². The maximum atomic E-state index is 8.58. The molecule has 0 saturated heterocycles. The summed E-state index contributed by atoms with van der Waals surface area (Å²) >= 11 is 0.